The van der Waals surface area contributed by atoms with E-state index in [-0.39, 0.29) is 17.4 Å². The molecule has 1 N–H and O–H groups in total. The number of esters is 1. The van der Waals surface area contributed by atoms with Gasteiger partial charge in [0.15, 0.2) is 0 Å². The summed E-state index contributed by atoms with van der Waals surface area (Å²) in [5.74, 6) is -0.959. The van der Waals surface area contributed by atoms with E-state index >= 15 is 0 Å². The molecule has 0 spiro atoms. The summed E-state index contributed by atoms with van der Waals surface area (Å²) in [7, 11) is 4.54. The number of nitrogens with zero attached hydrogens (tertiary/aromatic N) is 1. The Balaban J connectivity index is 3.28. The van der Waals surface area contributed by atoms with Gasteiger partial charge >= 0.3 is 5.97 Å². The number of rotatable bonds is 5. The Morgan fingerprint density at radius 1 is 1.29 bits per heavy atom. The highest BCUT2D eigenvalue weighted by Gasteiger charge is 2.26. The second-order valence-electron chi connectivity index (χ2n) is 4.75. The molecular formula is C14H20N2O4S. The fourth-order valence-electron chi connectivity index (χ4n) is 1.77. The highest BCUT2D eigenvalue weighted by atomic mass is 32.1. The Labute approximate surface area is 128 Å². The zero-order valence-corrected chi connectivity index (χ0v) is 13.7. The summed E-state index contributed by atoms with van der Waals surface area (Å²) in [6.45, 7) is 3.57. The molecule has 116 valence electrons. The van der Waals surface area contributed by atoms with Crippen molar-refractivity contribution in [1.29, 1.82) is 0 Å². The Bertz CT molecular complexity index is 564. The average Bonchev–Trinajstić information content (AvgIpc) is 2.73. The number of carbonyl (C=O) groups excluding carboxylic acids is 3. The highest BCUT2D eigenvalue weighted by molar-refractivity contribution is 7.18. The maximum Gasteiger partial charge on any atom is 0.341 e. The van der Waals surface area contributed by atoms with Crippen LogP contribution in [0.5, 0.6) is 0 Å². The van der Waals surface area contributed by atoms with Crippen molar-refractivity contribution in [1.82, 2.24) is 4.90 Å². The lowest BCUT2D eigenvalue weighted by molar-refractivity contribution is -0.116. The third-order valence-electron chi connectivity index (χ3n) is 2.87. The molecule has 21 heavy (non-hydrogen) atoms. The molecule has 1 heterocycles. The predicted molar refractivity (Wildman–Crippen MR) is 82.0 cm³/mol. The van der Waals surface area contributed by atoms with Crippen LogP contribution in [-0.4, -0.2) is 43.9 Å². The first-order valence-electron chi connectivity index (χ1n) is 6.56. The van der Waals surface area contributed by atoms with E-state index in [1.165, 1.54) is 12.0 Å². The molecule has 0 atom stereocenters. The van der Waals surface area contributed by atoms with Crippen LogP contribution in [0.4, 0.5) is 5.00 Å². The normalized spacial score (nSPS) is 10.1. The van der Waals surface area contributed by atoms with Crippen molar-refractivity contribution in [2.75, 3.05) is 26.5 Å². The van der Waals surface area contributed by atoms with Gasteiger partial charge in [-0.05, 0) is 18.9 Å². The van der Waals surface area contributed by atoms with Gasteiger partial charge in [-0.25, -0.2) is 4.79 Å². The number of anilines is 1. The van der Waals surface area contributed by atoms with Crippen molar-refractivity contribution in [3.8, 4) is 0 Å². The number of nitrogens with one attached hydrogen (secondary N) is 1. The van der Waals surface area contributed by atoms with Crippen molar-refractivity contribution < 1.29 is 19.1 Å². The van der Waals surface area contributed by atoms with Crippen LogP contribution in [0.15, 0.2) is 0 Å². The molecule has 0 aliphatic rings. The lowest BCUT2D eigenvalue weighted by Crippen LogP contribution is -2.21. The molecular weight excluding hydrogens is 292 g/mol. The second-order valence-corrected chi connectivity index (χ2v) is 5.77. The van der Waals surface area contributed by atoms with Crippen LogP contribution in [0.3, 0.4) is 0 Å². The quantitative estimate of drug-likeness (QED) is 0.846. The number of thiophene rings is 1. The smallest absolute Gasteiger partial charge is 0.341 e. The summed E-state index contributed by atoms with van der Waals surface area (Å²) in [4.78, 5) is 37.6. The number of methoxy groups -OCH3 is 1. The lowest BCUT2D eigenvalue weighted by atomic mass is 10.1. The molecule has 0 radical (unpaired) electrons. The van der Waals surface area contributed by atoms with Gasteiger partial charge in [0.1, 0.15) is 5.00 Å². The van der Waals surface area contributed by atoms with E-state index in [0.717, 1.165) is 11.3 Å². The van der Waals surface area contributed by atoms with E-state index in [0.29, 0.717) is 28.3 Å². The van der Waals surface area contributed by atoms with Crippen LogP contribution >= 0.6 is 11.3 Å². The van der Waals surface area contributed by atoms with Gasteiger partial charge in [0, 0.05) is 20.5 Å². The predicted octanol–water partition coefficient (Wildman–Crippen LogP) is 2.28. The van der Waals surface area contributed by atoms with Gasteiger partial charge in [-0.15, -0.1) is 11.3 Å². The third kappa shape index (κ3) is 3.81. The lowest BCUT2D eigenvalue weighted by Gasteiger charge is -2.08. The third-order valence-corrected chi connectivity index (χ3v) is 4.06. The zero-order valence-electron chi connectivity index (χ0n) is 12.9. The molecule has 1 aromatic heterocycles. The van der Waals surface area contributed by atoms with E-state index in [1.807, 2.05) is 6.92 Å². The van der Waals surface area contributed by atoms with Gasteiger partial charge in [-0.2, -0.15) is 0 Å². The monoisotopic (exact) mass is 312 g/mol. The minimum atomic E-state index is -0.562. The molecule has 1 aromatic rings. The van der Waals surface area contributed by atoms with Crippen LogP contribution < -0.4 is 5.32 Å². The van der Waals surface area contributed by atoms with Gasteiger partial charge in [0.2, 0.25) is 5.91 Å². The summed E-state index contributed by atoms with van der Waals surface area (Å²) < 4.78 is 4.74. The molecule has 0 aliphatic heterocycles. The molecule has 2 amide bonds. The Hall–Kier alpha value is -1.89. The highest BCUT2D eigenvalue weighted by Crippen LogP contribution is 2.34. The summed E-state index contributed by atoms with van der Waals surface area (Å²) in [6.07, 6.45) is 1.06. The largest absolute Gasteiger partial charge is 0.465 e. The van der Waals surface area contributed by atoms with Gasteiger partial charge in [0.25, 0.3) is 5.91 Å². The minimum Gasteiger partial charge on any atom is -0.465 e. The van der Waals surface area contributed by atoms with Gasteiger partial charge in [0.05, 0.1) is 17.6 Å². The van der Waals surface area contributed by atoms with Crippen LogP contribution in [0.1, 0.15) is 45.4 Å². The number of ether oxygens (including phenoxy) is 1. The first-order valence-corrected chi connectivity index (χ1v) is 7.38. The molecule has 0 unspecified atom stereocenters. The van der Waals surface area contributed by atoms with Crippen LogP contribution in [0.25, 0.3) is 0 Å². The molecule has 1 rings (SSSR count). The molecule has 0 aliphatic carbocycles. The topological polar surface area (TPSA) is 75.7 Å². The number of hydrogen-bond acceptors (Lipinski definition) is 5. The summed E-state index contributed by atoms with van der Waals surface area (Å²) in [5.41, 5.74) is 0.773. The SMILES string of the molecule is CCCC(=O)Nc1sc(C(=O)N(C)C)c(C)c1C(=O)OC. The number of carbonyl (C=O) groups is 3. The summed E-state index contributed by atoms with van der Waals surface area (Å²) in [6, 6.07) is 0. The Kier molecular flexibility index (Phi) is 5.90. The summed E-state index contributed by atoms with van der Waals surface area (Å²) >= 11 is 1.10. The van der Waals surface area contributed by atoms with Crippen LogP contribution in [0.2, 0.25) is 0 Å². The van der Waals surface area contributed by atoms with Crippen molar-refractivity contribution in [2.24, 2.45) is 0 Å². The molecule has 0 saturated heterocycles. The number of amides is 2. The molecule has 6 nitrogen and oxygen atoms in total. The van der Waals surface area contributed by atoms with E-state index < -0.39 is 5.97 Å². The maximum atomic E-state index is 12.1. The molecule has 0 saturated carbocycles. The second kappa shape index (κ2) is 7.21. The molecule has 0 fully saturated rings. The zero-order chi connectivity index (χ0) is 16.2. The fourth-order valence-corrected chi connectivity index (χ4v) is 3.01. The van der Waals surface area contributed by atoms with Gasteiger partial charge in [-0.3, -0.25) is 9.59 Å². The molecule has 0 bridgehead atoms. The molecule has 7 heteroatoms. The van der Waals surface area contributed by atoms with Crippen LogP contribution in [0, 0.1) is 6.92 Å². The minimum absolute atomic E-state index is 0.187. The van der Waals surface area contributed by atoms with E-state index in [4.69, 9.17) is 4.74 Å². The Morgan fingerprint density at radius 2 is 1.90 bits per heavy atom. The van der Waals surface area contributed by atoms with E-state index in [9.17, 15) is 14.4 Å². The van der Waals surface area contributed by atoms with Crippen molar-refractivity contribution in [2.45, 2.75) is 26.7 Å². The summed E-state index contributed by atoms with van der Waals surface area (Å²) in [5, 5.41) is 3.05. The van der Waals surface area contributed by atoms with Crippen molar-refractivity contribution >= 4 is 34.1 Å². The van der Waals surface area contributed by atoms with Crippen molar-refractivity contribution in [3.63, 3.8) is 0 Å². The average molecular weight is 312 g/mol. The Morgan fingerprint density at radius 3 is 2.38 bits per heavy atom. The standard InChI is InChI=1S/C14H20N2O4S/c1-6-7-9(17)15-12-10(14(19)20-5)8(2)11(21-12)13(18)16(3)4/h6-7H2,1-5H3,(H,15,17). The number of hydrogen-bond donors (Lipinski definition) is 1. The van der Waals surface area contributed by atoms with Crippen molar-refractivity contribution in [3.05, 3.63) is 16.0 Å². The first-order chi connectivity index (χ1) is 9.83. The van der Waals surface area contributed by atoms with E-state index in [2.05, 4.69) is 5.32 Å². The molecule has 0 aromatic carbocycles. The van der Waals surface area contributed by atoms with Gasteiger partial charge < -0.3 is 15.0 Å². The van der Waals surface area contributed by atoms with E-state index in [1.54, 1.807) is 21.0 Å². The van der Waals surface area contributed by atoms with Crippen LogP contribution in [-0.2, 0) is 9.53 Å². The maximum absolute atomic E-state index is 12.1. The first kappa shape index (κ1) is 17.2. The van der Waals surface area contributed by atoms with Gasteiger partial charge in [-0.1, -0.05) is 6.92 Å². The fraction of sp³-hybridized carbons (Fsp3) is 0.500.